The van der Waals surface area contributed by atoms with Gasteiger partial charge in [0.15, 0.2) is 0 Å². The summed E-state index contributed by atoms with van der Waals surface area (Å²) in [5.41, 5.74) is 1.08. The average molecular weight is 280 g/mol. The minimum absolute atomic E-state index is 0.220. The Labute approximate surface area is 117 Å². The Kier molecular flexibility index (Phi) is 4.40. The van der Waals surface area contributed by atoms with Crippen molar-refractivity contribution in [1.82, 2.24) is 5.32 Å². The predicted molar refractivity (Wildman–Crippen MR) is 75.4 cm³/mol. The van der Waals surface area contributed by atoms with Gasteiger partial charge in [-0.05, 0) is 55.9 Å². The molecule has 0 bridgehead atoms. The van der Waals surface area contributed by atoms with Crippen LogP contribution in [0.25, 0.3) is 0 Å². The SMILES string of the molecule is CNC(C)c1ccc(Oc2ccc(F)cc2)c(Cl)c1. The minimum atomic E-state index is -0.295. The van der Waals surface area contributed by atoms with Crippen molar-refractivity contribution in [3.05, 3.63) is 58.9 Å². The van der Waals surface area contributed by atoms with Crippen molar-refractivity contribution in [3.63, 3.8) is 0 Å². The van der Waals surface area contributed by atoms with Gasteiger partial charge in [-0.2, -0.15) is 0 Å². The monoisotopic (exact) mass is 279 g/mol. The fourth-order valence-corrected chi connectivity index (χ4v) is 1.89. The van der Waals surface area contributed by atoms with Gasteiger partial charge in [0.1, 0.15) is 17.3 Å². The zero-order valence-corrected chi connectivity index (χ0v) is 11.5. The predicted octanol–water partition coefficient (Wildman–Crippen LogP) is 4.55. The summed E-state index contributed by atoms with van der Waals surface area (Å²) in [6.45, 7) is 2.05. The molecule has 2 aromatic rings. The van der Waals surface area contributed by atoms with E-state index in [2.05, 4.69) is 5.32 Å². The molecule has 2 rings (SSSR count). The van der Waals surface area contributed by atoms with Crippen LogP contribution in [0.1, 0.15) is 18.5 Å². The van der Waals surface area contributed by atoms with E-state index in [4.69, 9.17) is 16.3 Å². The van der Waals surface area contributed by atoms with Crippen molar-refractivity contribution in [2.24, 2.45) is 0 Å². The molecule has 1 unspecified atom stereocenters. The Balaban J connectivity index is 2.19. The molecule has 0 saturated carbocycles. The molecule has 100 valence electrons. The number of hydrogen-bond donors (Lipinski definition) is 1. The fraction of sp³-hybridized carbons (Fsp3) is 0.200. The first-order chi connectivity index (χ1) is 9.10. The first-order valence-electron chi connectivity index (χ1n) is 6.00. The largest absolute Gasteiger partial charge is 0.456 e. The molecule has 2 nitrogen and oxygen atoms in total. The molecule has 2 aromatic carbocycles. The van der Waals surface area contributed by atoms with Crippen LogP contribution in [-0.4, -0.2) is 7.05 Å². The maximum Gasteiger partial charge on any atom is 0.146 e. The van der Waals surface area contributed by atoms with Crippen molar-refractivity contribution in [2.75, 3.05) is 7.05 Å². The van der Waals surface area contributed by atoms with Crippen molar-refractivity contribution in [3.8, 4) is 11.5 Å². The summed E-state index contributed by atoms with van der Waals surface area (Å²) >= 11 is 6.18. The molecule has 0 amide bonds. The van der Waals surface area contributed by atoms with Gasteiger partial charge in [-0.1, -0.05) is 17.7 Å². The van der Waals surface area contributed by atoms with Crippen LogP contribution in [0, 0.1) is 5.82 Å². The Bertz CT molecular complexity index is 557. The molecule has 4 heteroatoms. The van der Waals surface area contributed by atoms with Gasteiger partial charge >= 0.3 is 0 Å². The molecule has 0 spiro atoms. The lowest BCUT2D eigenvalue weighted by atomic mass is 10.1. The van der Waals surface area contributed by atoms with Crippen LogP contribution in [0.15, 0.2) is 42.5 Å². The topological polar surface area (TPSA) is 21.3 Å². The second-order valence-electron chi connectivity index (χ2n) is 4.26. The molecule has 0 heterocycles. The summed E-state index contributed by atoms with van der Waals surface area (Å²) in [5, 5.41) is 3.67. The van der Waals surface area contributed by atoms with Gasteiger partial charge in [-0.15, -0.1) is 0 Å². The van der Waals surface area contributed by atoms with Crippen LogP contribution < -0.4 is 10.1 Å². The molecule has 0 aliphatic carbocycles. The minimum Gasteiger partial charge on any atom is -0.456 e. The van der Waals surface area contributed by atoms with E-state index >= 15 is 0 Å². The number of ether oxygens (including phenoxy) is 1. The number of halogens is 2. The van der Waals surface area contributed by atoms with Crippen molar-refractivity contribution in [1.29, 1.82) is 0 Å². The molecular formula is C15H15ClFNO. The first kappa shape index (κ1) is 13.8. The van der Waals surface area contributed by atoms with Crippen LogP contribution in [-0.2, 0) is 0 Å². The van der Waals surface area contributed by atoms with E-state index in [1.807, 2.05) is 32.2 Å². The third kappa shape index (κ3) is 3.46. The van der Waals surface area contributed by atoms with E-state index in [0.717, 1.165) is 5.56 Å². The average Bonchev–Trinajstić information content (AvgIpc) is 2.42. The highest BCUT2D eigenvalue weighted by Gasteiger charge is 2.08. The third-order valence-corrected chi connectivity index (χ3v) is 3.23. The van der Waals surface area contributed by atoms with Gasteiger partial charge in [0.05, 0.1) is 5.02 Å². The normalized spacial score (nSPS) is 12.2. The lowest BCUT2D eigenvalue weighted by Gasteiger charge is -2.13. The van der Waals surface area contributed by atoms with Crippen LogP contribution >= 0.6 is 11.6 Å². The molecule has 0 aliphatic heterocycles. The number of rotatable bonds is 4. The molecule has 1 N–H and O–H groups in total. The fourth-order valence-electron chi connectivity index (χ4n) is 1.67. The van der Waals surface area contributed by atoms with Gasteiger partial charge in [-0.25, -0.2) is 4.39 Å². The molecule has 0 saturated heterocycles. The summed E-state index contributed by atoms with van der Waals surface area (Å²) in [7, 11) is 1.89. The second kappa shape index (κ2) is 6.04. The van der Waals surface area contributed by atoms with Gasteiger partial charge in [0, 0.05) is 6.04 Å². The van der Waals surface area contributed by atoms with E-state index < -0.39 is 0 Å². The Morgan fingerprint density at radius 1 is 1.16 bits per heavy atom. The highest BCUT2D eigenvalue weighted by molar-refractivity contribution is 6.32. The summed E-state index contributed by atoms with van der Waals surface area (Å²) in [5.74, 6) is 0.815. The zero-order chi connectivity index (χ0) is 13.8. The number of nitrogens with one attached hydrogen (secondary N) is 1. The number of hydrogen-bond acceptors (Lipinski definition) is 2. The van der Waals surface area contributed by atoms with Crippen LogP contribution in [0.5, 0.6) is 11.5 Å². The van der Waals surface area contributed by atoms with E-state index in [1.54, 1.807) is 12.1 Å². The third-order valence-electron chi connectivity index (χ3n) is 2.93. The highest BCUT2D eigenvalue weighted by Crippen LogP contribution is 2.31. The highest BCUT2D eigenvalue weighted by atomic mass is 35.5. The van der Waals surface area contributed by atoms with Crippen molar-refractivity contribution >= 4 is 11.6 Å². The molecule has 0 aromatic heterocycles. The molecular weight excluding hydrogens is 265 g/mol. The zero-order valence-electron chi connectivity index (χ0n) is 10.8. The van der Waals surface area contributed by atoms with E-state index in [1.165, 1.54) is 12.1 Å². The lowest BCUT2D eigenvalue weighted by Crippen LogP contribution is -2.12. The molecule has 0 fully saturated rings. The summed E-state index contributed by atoms with van der Waals surface area (Å²) in [4.78, 5) is 0. The van der Waals surface area contributed by atoms with Crippen LogP contribution in [0.2, 0.25) is 5.02 Å². The van der Waals surface area contributed by atoms with Crippen molar-refractivity contribution in [2.45, 2.75) is 13.0 Å². The first-order valence-corrected chi connectivity index (χ1v) is 6.38. The molecule has 19 heavy (non-hydrogen) atoms. The quantitative estimate of drug-likeness (QED) is 0.886. The van der Waals surface area contributed by atoms with E-state index in [-0.39, 0.29) is 11.9 Å². The lowest BCUT2D eigenvalue weighted by molar-refractivity contribution is 0.480. The summed E-state index contributed by atoms with van der Waals surface area (Å²) in [6.07, 6.45) is 0. The van der Waals surface area contributed by atoms with E-state index in [9.17, 15) is 4.39 Å². The molecule has 1 atom stereocenters. The van der Waals surface area contributed by atoms with Crippen molar-refractivity contribution < 1.29 is 9.13 Å². The Hall–Kier alpha value is -1.58. The van der Waals surface area contributed by atoms with Gasteiger partial charge in [-0.3, -0.25) is 0 Å². The number of benzene rings is 2. The molecule has 0 radical (unpaired) electrons. The Morgan fingerprint density at radius 3 is 2.42 bits per heavy atom. The summed E-state index contributed by atoms with van der Waals surface area (Å²) in [6, 6.07) is 11.7. The molecule has 0 aliphatic rings. The standard InChI is InChI=1S/C15H15ClFNO/c1-10(18-2)11-3-8-15(14(16)9-11)19-13-6-4-12(17)5-7-13/h3-10,18H,1-2H3. The maximum atomic E-state index is 12.8. The van der Waals surface area contributed by atoms with Crippen LogP contribution in [0.4, 0.5) is 4.39 Å². The van der Waals surface area contributed by atoms with Gasteiger partial charge < -0.3 is 10.1 Å². The maximum absolute atomic E-state index is 12.8. The van der Waals surface area contributed by atoms with Gasteiger partial charge in [0.2, 0.25) is 0 Å². The summed E-state index contributed by atoms with van der Waals surface area (Å²) < 4.78 is 18.4. The van der Waals surface area contributed by atoms with E-state index in [0.29, 0.717) is 16.5 Å². The second-order valence-corrected chi connectivity index (χ2v) is 4.66. The van der Waals surface area contributed by atoms with Crippen LogP contribution in [0.3, 0.4) is 0 Å². The smallest absolute Gasteiger partial charge is 0.146 e. The van der Waals surface area contributed by atoms with Gasteiger partial charge in [0.25, 0.3) is 0 Å². The Morgan fingerprint density at radius 2 is 1.84 bits per heavy atom.